The van der Waals surface area contributed by atoms with Crippen molar-refractivity contribution < 1.29 is 0 Å². The monoisotopic (exact) mass is 235 g/mol. The molecule has 1 saturated carbocycles. The molecule has 3 unspecified atom stereocenters. The normalized spacial score (nSPS) is 33.9. The number of aryl methyl sites for hydroxylation is 1. The summed E-state index contributed by atoms with van der Waals surface area (Å²) < 4.78 is 2.21. The molecule has 0 radical (unpaired) electrons. The Morgan fingerprint density at radius 2 is 2.24 bits per heavy atom. The molecule has 1 fully saturated rings. The van der Waals surface area contributed by atoms with E-state index in [4.69, 9.17) is 5.73 Å². The van der Waals surface area contributed by atoms with Gasteiger partial charge in [-0.2, -0.15) is 0 Å². The largest absolute Gasteiger partial charge is 0.335 e. The minimum Gasteiger partial charge on any atom is -0.335 e. The molecule has 0 spiro atoms. The summed E-state index contributed by atoms with van der Waals surface area (Å²) in [6.07, 6.45) is 8.56. The highest BCUT2D eigenvalue weighted by Crippen LogP contribution is 2.37. The van der Waals surface area contributed by atoms with E-state index in [2.05, 4.69) is 36.5 Å². The first-order valence-electron chi connectivity index (χ1n) is 6.84. The molecular weight excluding hydrogens is 210 g/mol. The first-order chi connectivity index (χ1) is 8.05. The molecule has 0 bridgehead atoms. The number of aromatic nitrogens is 2. The van der Waals surface area contributed by atoms with E-state index in [1.807, 2.05) is 6.20 Å². The zero-order valence-corrected chi connectivity index (χ0v) is 11.3. The van der Waals surface area contributed by atoms with Crippen molar-refractivity contribution in [3.8, 4) is 0 Å². The van der Waals surface area contributed by atoms with Gasteiger partial charge in [0, 0.05) is 30.9 Å². The van der Waals surface area contributed by atoms with Gasteiger partial charge in [-0.3, -0.25) is 0 Å². The van der Waals surface area contributed by atoms with E-state index in [0.717, 1.165) is 31.1 Å². The Balaban J connectivity index is 2.15. The van der Waals surface area contributed by atoms with Crippen LogP contribution in [0.1, 0.15) is 45.9 Å². The number of rotatable bonds is 3. The first-order valence-corrected chi connectivity index (χ1v) is 6.84. The Hall–Kier alpha value is -0.830. The summed E-state index contributed by atoms with van der Waals surface area (Å²) in [6, 6.07) is 0. The SMILES string of the molecule is CCn1ccnc1CC1(N)CC(C)CCC1C. The van der Waals surface area contributed by atoms with Crippen molar-refractivity contribution in [3.63, 3.8) is 0 Å². The maximum Gasteiger partial charge on any atom is 0.110 e. The average molecular weight is 235 g/mol. The molecule has 3 heteroatoms. The number of hydrogen-bond donors (Lipinski definition) is 1. The van der Waals surface area contributed by atoms with Crippen molar-refractivity contribution >= 4 is 0 Å². The zero-order valence-electron chi connectivity index (χ0n) is 11.3. The van der Waals surface area contributed by atoms with Crippen molar-refractivity contribution in [1.29, 1.82) is 0 Å². The fourth-order valence-electron chi connectivity index (χ4n) is 3.11. The van der Waals surface area contributed by atoms with Crippen molar-refractivity contribution in [3.05, 3.63) is 18.2 Å². The van der Waals surface area contributed by atoms with Gasteiger partial charge in [0.1, 0.15) is 5.82 Å². The molecule has 96 valence electrons. The smallest absolute Gasteiger partial charge is 0.110 e. The quantitative estimate of drug-likeness (QED) is 0.875. The molecule has 1 aromatic rings. The highest BCUT2D eigenvalue weighted by Gasteiger charge is 2.38. The number of nitrogens with two attached hydrogens (primary N) is 1. The van der Waals surface area contributed by atoms with Crippen LogP contribution in [0.4, 0.5) is 0 Å². The molecule has 0 amide bonds. The van der Waals surface area contributed by atoms with Crippen molar-refractivity contribution in [2.45, 2.75) is 58.5 Å². The lowest BCUT2D eigenvalue weighted by Crippen LogP contribution is -2.52. The molecule has 1 aromatic heterocycles. The summed E-state index contributed by atoms with van der Waals surface area (Å²) in [5.41, 5.74) is 6.59. The predicted octanol–water partition coefficient (Wildman–Crippen LogP) is 2.60. The van der Waals surface area contributed by atoms with Gasteiger partial charge >= 0.3 is 0 Å². The Kier molecular flexibility index (Phi) is 3.57. The average Bonchev–Trinajstić information content (AvgIpc) is 2.71. The molecule has 0 aromatic carbocycles. The molecule has 0 saturated heterocycles. The van der Waals surface area contributed by atoms with Gasteiger partial charge in [-0.1, -0.05) is 20.3 Å². The fraction of sp³-hybridized carbons (Fsp3) is 0.786. The van der Waals surface area contributed by atoms with Crippen LogP contribution in [0.25, 0.3) is 0 Å². The summed E-state index contributed by atoms with van der Waals surface area (Å²) in [4.78, 5) is 4.47. The van der Waals surface area contributed by atoms with E-state index in [0.29, 0.717) is 5.92 Å². The van der Waals surface area contributed by atoms with Gasteiger partial charge in [-0.15, -0.1) is 0 Å². The van der Waals surface area contributed by atoms with E-state index in [-0.39, 0.29) is 5.54 Å². The van der Waals surface area contributed by atoms with Gasteiger partial charge in [0.25, 0.3) is 0 Å². The summed E-state index contributed by atoms with van der Waals surface area (Å²) in [5, 5.41) is 0. The van der Waals surface area contributed by atoms with Gasteiger partial charge in [-0.05, 0) is 31.6 Å². The first kappa shape index (κ1) is 12.6. The van der Waals surface area contributed by atoms with E-state index in [1.165, 1.54) is 12.8 Å². The van der Waals surface area contributed by atoms with Crippen LogP contribution in [0.3, 0.4) is 0 Å². The van der Waals surface area contributed by atoms with Crippen LogP contribution in [0.15, 0.2) is 12.4 Å². The maximum atomic E-state index is 6.65. The van der Waals surface area contributed by atoms with Gasteiger partial charge in [0.15, 0.2) is 0 Å². The van der Waals surface area contributed by atoms with Crippen LogP contribution in [-0.2, 0) is 13.0 Å². The second-order valence-corrected chi connectivity index (χ2v) is 5.83. The summed E-state index contributed by atoms with van der Waals surface area (Å²) in [5.74, 6) is 2.50. The third kappa shape index (κ3) is 2.54. The lowest BCUT2D eigenvalue weighted by atomic mass is 9.68. The maximum absolute atomic E-state index is 6.65. The molecule has 2 N–H and O–H groups in total. The van der Waals surface area contributed by atoms with Gasteiger partial charge in [-0.25, -0.2) is 4.98 Å². The highest BCUT2D eigenvalue weighted by molar-refractivity contribution is 5.04. The Bertz CT molecular complexity index is 371. The third-order valence-electron chi connectivity index (χ3n) is 4.43. The molecule has 2 rings (SSSR count). The molecule has 1 aliphatic rings. The number of hydrogen-bond acceptors (Lipinski definition) is 2. The van der Waals surface area contributed by atoms with Crippen LogP contribution < -0.4 is 5.73 Å². The topological polar surface area (TPSA) is 43.8 Å². The van der Waals surface area contributed by atoms with Crippen LogP contribution in [0.2, 0.25) is 0 Å². The Morgan fingerprint density at radius 1 is 1.47 bits per heavy atom. The van der Waals surface area contributed by atoms with Crippen molar-refractivity contribution in [2.24, 2.45) is 17.6 Å². The lowest BCUT2D eigenvalue weighted by Gasteiger charge is -2.42. The van der Waals surface area contributed by atoms with E-state index in [1.54, 1.807) is 0 Å². The van der Waals surface area contributed by atoms with E-state index in [9.17, 15) is 0 Å². The summed E-state index contributed by atoms with van der Waals surface area (Å²) in [7, 11) is 0. The number of nitrogens with zero attached hydrogens (tertiary/aromatic N) is 2. The van der Waals surface area contributed by atoms with Crippen molar-refractivity contribution in [2.75, 3.05) is 0 Å². The number of imidazole rings is 1. The molecule has 17 heavy (non-hydrogen) atoms. The van der Waals surface area contributed by atoms with Crippen LogP contribution in [-0.4, -0.2) is 15.1 Å². The summed E-state index contributed by atoms with van der Waals surface area (Å²) in [6.45, 7) is 7.75. The molecule has 0 aliphatic heterocycles. The minimum absolute atomic E-state index is 0.0596. The Labute approximate surface area is 104 Å². The molecule has 1 aliphatic carbocycles. The summed E-state index contributed by atoms with van der Waals surface area (Å²) >= 11 is 0. The second-order valence-electron chi connectivity index (χ2n) is 5.83. The van der Waals surface area contributed by atoms with Crippen LogP contribution in [0.5, 0.6) is 0 Å². The van der Waals surface area contributed by atoms with Gasteiger partial charge < -0.3 is 10.3 Å². The van der Waals surface area contributed by atoms with Crippen LogP contribution in [0, 0.1) is 11.8 Å². The molecule has 1 heterocycles. The fourth-order valence-corrected chi connectivity index (χ4v) is 3.11. The van der Waals surface area contributed by atoms with E-state index < -0.39 is 0 Å². The third-order valence-corrected chi connectivity index (χ3v) is 4.43. The zero-order chi connectivity index (χ0) is 12.5. The molecular formula is C14H25N3. The Morgan fingerprint density at radius 3 is 2.94 bits per heavy atom. The van der Waals surface area contributed by atoms with E-state index >= 15 is 0 Å². The minimum atomic E-state index is -0.0596. The predicted molar refractivity (Wildman–Crippen MR) is 70.7 cm³/mol. The van der Waals surface area contributed by atoms with Crippen LogP contribution >= 0.6 is 0 Å². The molecule has 3 nitrogen and oxygen atoms in total. The van der Waals surface area contributed by atoms with Gasteiger partial charge in [0.2, 0.25) is 0 Å². The van der Waals surface area contributed by atoms with Crippen molar-refractivity contribution in [1.82, 2.24) is 9.55 Å². The lowest BCUT2D eigenvalue weighted by molar-refractivity contribution is 0.157. The molecule has 3 atom stereocenters. The van der Waals surface area contributed by atoms with Gasteiger partial charge in [0.05, 0.1) is 0 Å². The second kappa shape index (κ2) is 4.81. The standard InChI is InChI=1S/C14H25N3/c1-4-17-8-7-16-13(17)10-14(15)9-11(2)5-6-12(14)3/h7-8,11-12H,4-6,9-10,15H2,1-3H3. The highest BCUT2D eigenvalue weighted by atomic mass is 15.1.